The molecular formula is C16H28N4O. The van der Waals surface area contributed by atoms with Crippen molar-refractivity contribution in [3.05, 3.63) is 11.9 Å². The van der Waals surface area contributed by atoms with Gasteiger partial charge in [-0.25, -0.2) is 9.97 Å². The van der Waals surface area contributed by atoms with E-state index < -0.39 is 0 Å². The monoisotopic (exact) mass is 292 g/mol. The Morgan fingerprint density at radius 3 is 2.90 bits per heavy atom. The Morgan fingerprint density at radius 1 is 1.33 bits per heavy atom. The van der Waals surface area contributed by atoms with E-state index in [2.05, 4.69) is 41.0 Å². The number of hydrogen-bond donors (Lipinski definition) is 1. The Kier molecular flexibility index (Phi) is 6.23. The van der Waals surface area contributed by atoms with E-state index in [1.165, 1.54) is 5.56 Å². The van der Waals surface area contributed by atoms with Gasteiger partial charge in [0.25, 0.3) is 0 Å². The lowest BCUT2D eigenvalue weighted by atomic mass is 10.1. The van der Waals surface area contributed by atoms with Crippen LogP contribution < -0.4 is 10.2 Å². The van der Waals surface area contributed by atoms with Crippen LogP contribution in [0.25, 0.3) is 0 Å². The second-order valence-corrected chi connectivity index (χ2v) is 5.49. The van der Waals surface area contributed by atoms with Crippen LogP contribution >= 0.6 is 0 Å². The first-order valence-electron chi connectivity index (χ1n) is 8.24. The van der Waals surface area contributed by atoms with Crippen molar-refractivity contribution in [1.82, 2.24) is 9.97 Å². The molecule has 1 aliphatic rings. The maximum Gasteiger partial charge on any atom is 0.137 e. The van der Waals surface area contributed by atoms with E-state index in [4.69, 9.17) is 4.74 Å². The number of aromatic nitrogens is 2. The van der Waals surface area contributed by atoms with Crippen LogP contribution in [0.4, 0.5) is 11.6 Å². The zero-order chi connectivity index (χ0) is 15.1. The minimum Gasteiger partial charge on any atom is -0.376 e. The van der Waals surface area contributed by atoms with Crippen molar-refractivity contribution in [3.63, 3.8) is 0 Å². The summed E-state index contributed by atoms with van der Waals surface area (Å²) in [5, 5.41) is 3.34. The topological polar surface area (TPSA) is 50.3 Å². The molecule has 0 spiro atoms. The van der Waals surface area contributed by atoms with Crippen molar-refractivity contribution >= 4 is 11.6 Å². The summed E-state index contributed by atoms with van der Waals surface area (Å²) < 4.78 is 5.93. The first-order valence-corrected chi connectivity index (χ1v) is 8.24. The summed E-state index contributed by atoms with van der Waals surface area (Å²) >= 11 is 0. The van der Waals surface area contributed by atoms with E-state index in [1.54, 1.807) is 6.33 Å². The van der Waals surface area contributed by atoms with Crippen LogP contribution in [-0.4, -0.2) is 42.3 Å². The number of nitrogens with one attached hydrogen (secondary N) is 1. The third-order valence-corrected chi connectivity index (χ3v) is 3.86. The van der Waals surface area contributed by atoms with Crippen LogP contribution in [0.2, 0.25) is 0 Å². The fourth-order valence-electron chi connectivity index (χ4n) is 2.87. The highest BCUT2D eigenvalue weighted by Gasteiger charge is 2.24. The quantitative estimate of drug-likeness (QED) is 0.837. The standard InChI is InChI=1S/C16H28N4O/c1-4-10-21-13-8-7-9-20(11-13)16-14(5-2)15(17-6-3)18-12-19-16/h12-13H,4-11H2,1-3H3,(H,17,18,19). The van der Waals surface area contributed by atoms with E-state index >= 15 is 0 Å². The fourth-order valence-corrected chi connectivity index (χ4v) is 2.87. The minimum absolute atomic E-state index is 0.334. The molecule has 2 heterocycles. The highest BCUT2D eigenvalue weighted by atomic mass is 16.5. The Hall–Kier alpha value is -1.36. The number of hydrogen-bond acceptors (Lipinski definition) is 5. The number of rotatable bonds is 7. The lowest BCUT2D eigenvalue weighted by Crippen LogP contribution is -2.40. The third kappa shape index (κ3) is 4.06. The molecule has 1 fully saturated rings. The van der Waals surface area contributed by atoms with Gasteiger partial charge in [0.05, 0.1) is 6.10 Å². The summed E-state index contributed by atoms with van der Waals surface area (Å²) in [6.07, 6.45) is 6.34. The zero-order valence-corrected chi connectivity index (χ0v) is 13.6. The van der Waals surface area contributed by atoms with Crippen molar-refractivity contribution in [3.8, 4) is 0 Å². The molecule has 0 saturated carbocycles. The second kappa shape index (κ2) is 8.17. The van der Waals surface area contributed by atoms with Gasteiger partial charge in [-0.1, -0.05) is 13.8 Å². The molecule has 1 N–H and O–H groups in total. The predicted octanol–water partition coefficient (Wildman–Crippen LogP) is 2.87. The van der Waals surface area contributed by atoms with Crippen LogP contribution in [0.1, 0.15) is 45.6 Å². The lowest BCUT2D eigenvalue weighted by molar-refractivity contribution is 0.0439. The van der Waals surface area contributed by atoms with Gasteiger partial charge in [-0.2, -0.15) is 0 Å². The molecule has 0 aliphatic carbocycles. The van der Waals surface area contributed by atoms with Crippen molar-refractivity contribution in [1.29, 1.82) is 0 Å². The summed E-state index contributed by atoms with van der Waals surface area (Å²) in [7, 11) is 0. The Balaban J connectivity index is 2.14. The first-order chi connectivity index (χ1) is 10.3. The molecule has 1 aliphatic heterocycles. The Bertz CT molecular complexity index is 438. The van der Waals surface area contributed by atoms with Gasteiger partial charge in [0.15, 0.2) is 0 Å². The molecule has 1 aromatic rings. The molecular weight excluding hydrogens is 264 g/mol. The second-order valence-electron chi connectivity index (χ2n) is 5.49. The van der Waals surface area contributed by atoms with Gasteiger partial charge in [-0.3, -0.25) is 0 Å². The van der Waals surface area contributed by atoms with E-state index in [0.717, 1.165) is 63.6 Å². The predicted molar refractivity (Wildman–Crippen MR) is 87.1 cm³/mol. The molecule has 2 rings (SSSR count). The van der Waals surface area contributed by atoms with Crippen molar-refractivity contribution in [2.45, 2.75) is 52.6 Å². The molecule has 1 unspecified atom stereocenters. The van der Waals surface area contributed by atoms with Gasteiger partial charge in [-0.05, 0) is 32.6 Å². The van der Waals surface area contributed by atoms with Gasteiger partial charge in [-0.15, -0.1) is 0 Å². The zero-order valence-electron chi connectivity index (χ0n) is 13.6. The van der Waals surface area contributed by atoms with E-state index in [1.807, 2.05) is 0 Å². The molecule has 1 aromatic heterocycles. The largest absolute Gasteiger partial charge is 0.376 e. The minimum atomic E-state index is 0.334. The maximum atomic E-state index is 5.93. The molecule has 1 atom stereocenters. The molecule has 0 radical (unpaired) electrons. The number of anilines is 2. The summed E-state index contributed by atoms with van der Waals surface area (Å²) in [5.41, 5.74) is 1.22. The van der Waals surface area contributed by atoms with Gasteiger partial charge in [0, 0.05) is 31.8 Å². The van der Waals surface area contributed by atoms with Gasteiger partial charge in [0.2, 0.25) is 0 Å². The number of nitrogens with zero attached hydrogens (tertiary/aromatic N) is 3. The molecule has 118 valence electrons. The summed E-state index contributed by atoms with van der Waals surface area (Å²) in [5.74, 6) is 2.05. The van der Waals surface area contributed by atoms with Crippen LogP contribution in [0.15, 0.2) is 6.33 Å². The molecule has 5 heteroatoms. The molecule has 21 heavy (non-hydrogen) atoms. The van der Waals surface area contributed by atoms with E-state index in [9.17, 15) is 0 Å². The van der Waals surface area contributed by atoms with Crippen LogP contribution in [0, 0.1) is 0 Å². The fraction of sp³-hybridized carbons (Fsp3) is 0.750. The average Bonchev–Trinajstić information content (AvgIpc) is 2.53. The van der Waals surface area contributed by atoms with E-state index in [0.29, 0.717) is 6.10 Å². The summed E-state index contributed by atoms with van der Waals surface area (Å²) in [4.78, 5) is 11.3. The number of piperidine rings is 1. The van der Waals surface area contributed by atoms with Crippen LogP contribution in [0.3, 0.4) is 0 Å². The third-order valence-electron chi connectivity index (χ3n) is 3.86. The highest BCUT2D eigenvalue weighted by molar-refractivity contribution is 5.59. The highest BCUT2D eigenvalue weighted by Crippen LogP contribution is 2.27. The van der Waals surface area contributed by atoms with Gasteiger partial charge >= 0.3 is 0 Å². The molecule has 1 saturated heterocycles. The summed E-state index contributed by atoms with van der Waals surface area (Å²) in [6, 6.07) is 0. The smallest absolute Gasteiger partial charge is 0.137 e. The molecule has 0 bridgehead atoms. The van der Waals surface area contributed by atoms with Crippen LogP contribution in [-0.2, 0) is 11.2 Å². The Labute approximate surface area is 128 Å². The first kappa shape index (κ1) is 16.0. The normalized spacial score (nSPS) is 18.8. The average molecular weight is 292 g/mol. The van der Waals surface area contributed by atoms with Crippen molar-refractivity contribution < 1.29 is 4.74 Å². The number of ether oxygens (including phenoxy) is 1. The van der Waals surface area contributed by atoms with Gasteiger partial charge in [0.1, 0.15) is 18.0 Å². The van der Waals surface area contributed by atoms with Crippen LogP contribution in [0.5, 0.6) is 0 Å². The lowest BCUT2D eigenvalue weighted by Gasteiger charge is -2.34. The van der Waals surface area contributed by atoms with Crippen molar-refractivity contribution in [2.24, 2.45) is 0 Å². The summed E-state index contributed by atoms with van der Waals surface area (Å²) in [6.45, 7) is 10.1. The molecule has 0 aromatic carbocycles. The Morgan fingerprint density at radius 2 is 2.19 bits per heavy atom. The SMILES string of the molecule is CCCOC1CCCN(c2ncnc(NCC)c2CC)C1. The molecule has 5 nitrogen and oxygen atoms in total. The van der Waals surface area contributed by atoms with Gasteiger partial charge < -0.3 is 15.0 Å². The molecule has 0 amide bonds. The van der Waals surface area contributed by atoms with Crippen molar-refractivity contribution in [2.75, 3.05) is 36.5 Å². The van der Waals surface area contributed by atoms with E-state index in [-0.39, 0.29) is 0 Å². The maximum absolute atomic E-state index is 5.93.